The number of nitrogens with zero attached hydrogens (tertiary/aromatic N) is 2. The lowest BCUT2D eigenvalue weighted by Crippen LogP contribution is -2.24. The maximum Gasteiger partial charge on any atom is 0.257 e. The molecule has 33 heavy (non-hydrogen) atoms. The third kappa shape index (κ3) is 5.32. The molecular weight excluding hydrogens is 458 g/mol. The van der Waals surface area contributed by atoms with Crippen LogP contribution in [0.4, 0.5) is 5.69 Å². The number of sulfone groups is 1. The second kappa shape index (κ2) is 9.71. The second-order valence-electron chi connectivity index (χ2n) is 8.49. The Labute approximate surface area is 200 Å². The van der Waals surface area contributed by atoms with E-state index in [1.807, 2.05) is 37.4 Å². The zero-order valence-electron chi connectivity index (χ0n) is 18.8. The number of nitrogens with one attached hydrogen (secondary N) is 1. The SMILES string of the molecule is Cc1c(C(=O)Nc2ccc(S(C)(=O)=O)cc2)cn(CCN2CCCC2)c1-c1ccccc1Cl. The van der Waals surface area contributed by atoms with Crippen molar-refractivity contribution in [2.75, 3.05) is 31.2 Å². The normalized spacial score (nSPS) is 14.5. The molecule has 1 aliphatic rings. The summed E-state index contributed by atoms with van der Waals surface area (Å²) in [5.74, 6) is -0.243. The first-order valence-corrected chi connectivity index (χ1v) is 13.3. The summed E-state index contributed by atoms with van der Waals surface area (Å²) < 4.78 is 25.5. The molecule has 3 aromatic rings. The molecule has 0 atom stereocenters. The number of anilines is 1. The van der Waals surface area contributed by atoms with Gasteiger partial charge in [-0.15, -0.1) is 0 Å². The Kier molecular flexibility index (Phi) is 6.93. The van der Waals surface area contributed by atoms with Gasteiger partial charge in [0.2, 0.25) is 0 Å². The van der Waals surface area contributed by atoms with Gasteiger partial charge in [-0.25, -0.2) is 8.42 Å². The number of carbonyl (C=O) groups excluding carboxylic acids is 1. The van der Waals surface area contributed by atoms with Gasteiger partial charge in [-0.05, 0) is 68.8 Å². The van der Waals surface area contributed by atoms with Crippen LogP contribution in [0.25, 0.3) is 11.3 Å². The van der Waals surface area contributed by atoms with E-state index in [-0.39, 0.29) is 10.8 Å². The lowest BCUT2D eigenvalue weighted by molar-refractivity contribution is 0.102. The van der Waals surface area contributed by atoms with E-state index in [9.17, 15) is 13.2 Å². The summed E-state index contributed by atoms with van der Waals surface area (Å²) in [4.78, 5) is 15.8. The van der Waals surface area contributed by atoms with Crippen LogP contribution in [0.2, 0.25) is 5.02 Å². The molecule has 1 amide bonds. The smallest absolute Gasteiger partial charge is 0.257 e. The monoisotopic (exact) mass is 485 g/mol. The third-order valence-corrected chi connectivity index (χ3v) is 7.56. The molecular formula is C25H28ClN3O3S. The number of hydrogen-bond donors (Lipinski definition) is 1. The quantitative estimate of drug-likeness (QED) is 0.518. The lowest BCUT2D eigenvalue weighted by Gasteiger charge is -2.17. The Bertz CT molecular complexity index is 1260. The van der Waals surface area contributed by atoms with Crippen LogP contribution in [0.1, 0.15) is 28.8 Å². The fourth-order valence-electron chi connectivity index (χ4n) is 4.31. The maximum absolute atomic E-state index is 13.2. The van der Waals surface area contributed by atoms with Crippen molar-refractivity contribution < 1.29 is 13.2 Å². The van der Waals surface area contributed by atoms with Gasteiger partial charge in [0.25, 0.3) is 5.91 Å². The molecule has 1 fully saturated rings. The predicted octanol–water partition coefficient (Wildman–Crippen LogP) is 4.87. The number of carbonyl (C=O) groups is 1. The molecule has 0 aliphatic carbocycles. The molecule has 0 bridgehead atoms. The van der Waals surface area contributed by atoms with Crippen molar-refractivity contribution in [1.82, 2.24) is 9.47 Å². The number of rotatable bonds is 7. The van der Waals surface area contributed by atoms with Crippen LogP contribution in [0.5, 0.6) is 0 Å². The minimum atomic E-state index is -3.29. The number of amides is 1. The van der Waals surface area contributed by atoms with E-state index < -0.39 is 9.84 Å². The molecule has 6 nitrogen and oxygen atoms in total. The van der Waals surface area contributed by atoms with Crippen LogP contribution in [0, 0.1) is 6.92 Å². The Hall–Kier alpha value is -2.61. The van der Waals surface area contributed by atoms with Gasteiger partial charge in [0.15, 0.2) is 9.84 Å². The van der Waals surface area contributed by atoms with Gasteiger partial charge in [0.05, 0.1) is 16.2 Å². The number of likely N-dealkylation sites (tertiary alicyclic amines) is 1. The Balaban J connectivity index is 1.64. The number of hydrogen-bond acceptors (Lipinski definition) is 4. The summed E-state index contributed by atoms with van der Waals surface area (Å²) >= 11 is 6.53. The van der Waals surface area contributed by atoms with E-state index in [2.05, 4.69) is 14.8 Å². The fourth-order valence-corrected chi connectivity index (χ4v) is 5.17. The molecule has 2 heterocycles. The zero-order valence-corrected chi connectivity index (χ0v) is 20.4. The molecule has 2 aromatic carbocycles. The average molecular weight is 486 g/mol. The Morgan fingerprint density at radius 1 is 1.03 bits per heavy atom. The van der Waals surface area contributed by atoms with Gasteiger partial charge in [-0.3, -0.25) is 4.79 Å². The van der Waals surface area contributed by atoms with Crippen LogP contribution in [-0.4, -0.2) is 49.7 Å². The molecule has 0 spiro atoms. The summed E-state index contributed by atoms with van der Waals surface area (Å²) in [5, 5.41) is 3.53. The van der Waals surface area contributed by atoms with Crippen LogP contribution in [-0.2, 0) is 16.4 Å². The van der Waals surface area contributed by atoms with Crippen molar-refractivity contribution in [2.45, 2.75) is 31.2 Å². The van der Waals surface area contributed by atoms with E-state index in [0.717, 1.165) is 49.3 Å². The van der Waals surface area contributed by atoms with Crippen molar-refractivity contribution in [3.63, 3.8) is 0 Å². The van der Waals surface area contributed by atoms with Crippen molar-refractivity contribution in [1.29, 1.82) is 0 Å². The molecule has 0 radical (unpaired) electrons. The summed E-state index contributed by atoms with van der Waals surface area (Å²) in [7, 11) is -3.29. The van der Waals surface area contributed by atoms with E-state index in [4.69, 9.17) is 11.6 Å². The van der Waals surface area contributed by atoms with Crippen LogP contribution >= 0.6 is 11.6 Å². The fraction of sp³-hybridized carbons (Fsp3) is 0.320. The Morgan fingerprint density at radius 3 is 2.33 bits per heavy atom. The minimum absolute atomic E-state index is 0.214. The zero-order chi connectivity index (χ0) is 23.6. The molecule has 0 unspecified atom stereocenters. The summed E-state index contributed by atoms with van der Waals surface area (Å²) in [5.41, 5.74) is 3.80. The van der Waals surface area contributed by atoms with Crippen LogP contribution in [0.3, 0.4) is 0 Å². The highest BCUT2D eigenvalue weighted by atomic mass is 35.5. The van der Waals surface area contributed by atoms with Crippen molar-refractivity contribution >= 4 is 33.0 Å². The van der Waals surface area contributed by atoms with E-state index in [1.165, 1.54) is 25.0 Å². The van der Waals surface area contributed by atoms with Gasteiger partial charge >= 0.3 is 0 Å². The molecule has 1 saturated heterocycles. The van der Waals surface area contributed by atoms with Gasteiger partial charge in [-0.1, -0.05) is 29.8 Å². The first-order chi connectivity index (χ1) is 15.7. The van der Waals surface area contributed by atoms with Crippen molar-refractivity contribution in [3.8, 4) is 11.3 Å². The molecule has 1 aromatic heterocycles. The Morgan fingerprint density at radius 2 is 1.70 bits per heavy atom. The molecule has 0 saturated carbocycles. The van der Waals surface area contributed by atoms with E-state index in [1.54, 1.807) is 12.1 Å². The number of halogens is 1. The number of aromatic nitrogens is 1. The largest absolute Gasteiger partial charge is 0.345 e. The van der Waals surface area contributed by atoms with Crippen LogP contribution < -0.4 is 5.32 Å². The van der Waals surface area contributed by atoms with Crippen molar-refractivity contribution in [2.24, 2.45) is 0 Å². The van der Waals surface area contributed by atoms with Gasteiger partial charge in [0, 0.05) is 41.8 Å². The van der Waals surface area contributed by atoms with E-state index in [0.29, 0.717) is 16.3 Å². The number of benzene rings is 2. The van der Waals surface area contributed by atoms with Gasteiger partial charge in [0.1, 0.15) is 0 Å². The molecule has 174 valence electrons. The second-order valence-corrected chi connectivity index (χ2v) is 10.9. The first kappa shape index (κ1) is 23.5. The highest BCUT2D eigenvalue weighted by Crippen LogP contribution is 2.33. The van der Waals surface area contributed by atoms with Gasteiger partial charge < -0.3 is 14.8 Å². The third-order valence-electron chi connectivity index (χ3n) is 6.10. The molecule has 4 rings (SSSR count). The van der Waals surface area contributed by atoms with Crippen molar-refractivity contribution in [3.05, 3.63) is 70.9 Å². The van der Waals surface area contributed by atoms with E-state index >= 15 is 0 Å². The summed E-state index contributed by atoms with van der Waals surface area (Å²) in [6, 6.07) is 13.9. The van der Waals surface area contributed by atoms with Crippen LogP contribution in [0.15, 0.2) is 59.6 Å². The minimum Gasteiger partial charge on any atom is -0.345 e. The molecule has 1 aliphatic heterocycles. The van der Waals surface area contributed by atoms with Gasteiger partial charge in [-0.2, -0.15) is 0 Å². The highest BCUT2D eigenvalue weighted by Gasteiger charge is 2.22. The standard InChI is InChI=1S/C25H28ClN3O3S/c1-18-22(25(30)27-19-9-11-20(12-10-19)33(2,31)32)17-29(16-15-28-13-5-6-14-28)24(18)21-7-3-4-8-23(21)26/h3-4,7-12,17H,5-6,13-16H2,1-2H3,(H,27,30). The summed E-state index contributed by atoms with van der Waals surface area (Å²) in [6.07, 6.45) is 5.51. The summed E-state index contributed by atoms with van der Waals surface area (Å²) in [6.45, 7) is 5.83. The highest BCUT2D eigenvalue weighted by molar-refractivity contribution is 7.90. The average Bonchev–Trinajstić information content (AvgIpc) is 3.40. The maximum atomic E-state index is 13.2. The first-order valence-electron chi connectivity index (χ1n) is 11.0. The molecule has 8 heteroatoms. The topological polar surface area (TPSA) is 71.4 Å². The predicted molar refractivity (Wildman–Crippen MR) is 133 cm³/mol. The molecule has 1 N–H and O–H groups in total. The lowest BCUT2D eigenvalue weighted by atomic mass is 10.1.